The van der Waals surface area contributed by atoms with Gasteiger partial charge in [0.2, 0.25) is 0 Å². The van der Waals surface area contributed by atoms with Crippen LogP contribution in [0.3, 0.4) is 0 Å². The van der Waals surface area contributed by atoms with E-state index in [1.54, 1.807) is 4.90 Å². The Morgan fingerprint density at radius 2 is 2.08 bits per heavy atom. The molecule has 0 bridgehead atoms. The van der Waals surface area contributed by atoms with Gasteiger partial charge in [-0.3, -0.25) is 14.9 Å². The standard InChI is InChI=1S/C15H20BrN3O4.ClH/c16-14-10-11(19(21)22)2-3-13(14)15(20)18-7-4-12(5-8-18)23-9-1-6-17;/h2-3,10,12H,1,4-9,17H2;1H. The van der Waals surface area contributed by atoms with E-state index in [9.17, 15) is 14.9 Å². The molecule has 0 aromatic heterocycles. The first kappa shape index (κ1) is 20.8. The maximum atomic E-state index is 12.5. The molecule has 1 aliphatic heterocycles. The van der Waals surface area contributed by atoms with Gasteiger partial charge >= 0.3 is 0 Å². The molecule has 1 aromatic carbocycles. The molecule has 134 valence electrons. The van der Waals surface area contributed by atoms with Crippen LogP contribution >= 0.6 is 28.3 Å². The average Bonchev–Trinajstić information content (AvgIpc) is 2.55. The Morgan fingerprint density at radius 3 is 2.62 bits per heavy atom. The smallest absolute Gasteiger partial charge is 0.270 e. The van der Waals surface area contributed by atoms with Crippen molar-refractivity contribution in [3.8, 4) is 0 Å². The molecule has 1 heterocycles. The lowest BCUT2D eigenvalue weighted by atomic mass is 10.1. The number of ether oxygens (including phenoxy) is 1. The van der Waals surface area contributed by atoms with Gasteiger partial charge in [-0.1, -0.05) is 0 Å². The molecule has 0 radical (unpaired) electrons. The second-order valence-electron chi connectivity index (χ2n) is 5.43. The summed E-state index contributed by atoms with van der Waals surface area (Å²) in [6, 6.07) is 4.20. The molecule has 0 atom stereocenters. The summed E-state index contributed by atoms with van der Waals surface area (Å²) in [4.78, 5) is 24.6. The monoisotopic (exact) mass is 421 g/mol. The van der Waals surface area contributed by atoms with Crippen LogP contribution in [0, 0.1) is 10.1 Å². The van der Waals surface area contributed by atoms with Gasteiger partial charge in [-0.25, -0.2) is 0 Å². The van der Waals surface area contributed by atoms with Gasteiger partial charge in [-0.2, -0.15) is 0 Å². The Hall–Kier alpha value is -1.22. The minimum atomic E-state index is -0.483. The highest BCUT2D eigenvalue weighted by Crippen LogP contribution is 2.25. The van der Waals surface area contributed by atoms with Crippen LogP contribution in [0.5, 0.6) is 0 Å². The van der Waals surface area contributed by atoms with E-state index < -0.39 is 4.92 Å². The number of nitrogens with zero attached hydrogens (tertiary/aromatic N) is 2. The molecule has 0 spiro atoms. The summed E-state index contributed by atoms with van der Waals surface area (Å²) in [6.45, 7) is 2.51. The molecule has 0 unspecified atom stereocenters. The minimum absolute atomic E-state index is 0. The zero-order valence-corrected chi connectivity index (χ0v) is 15.6. The maximum absolute atomic E-state index is 12.5. The van der Waals surface area contributed by atoms with Crippen molar-refractivity contribution in [2.24, 2.45) is 5.73 Å². The van der Waals surface area contributed by atoms with Gasteiger partial charge in [-0.15, -0.1) is 12.4 Å². The summed E-state index contributed by atoms with van der Waals surface area (Å²) in [5.41, 5.74) is 5.84. The van der Waals surface area contributed by atoms with Crippen LogP contribution in [0.4, 0.5) is 5.69 Å². The lowest BCUT2D eigenvalue weighted by molar-refractivity contribution is -0.384. The minimum Gasteiger partial charge on any atom is -0.378 e. The Bertz CT molecular complexity index is 580. The average molecular weight is 423 g/mol. The number of benzene rings is 1. The van der Waals surface area contributed by atoms with Crippen molar-refractivity contribution >= 4 is 39.9 Å². The third kappa shape index (κ3) is 5.41. The zero-order chi connectivity index (χ0) is 16.8. The number of halogens is 2. The summed E-state index contributed by atoms with van der Waals surface area (Å²) in [5.74, 6) is -0.118. The molecule has 0 aliphatic carbocycles. The number of hydrogen-bond donors (Lipinski definition) is 1. The predicted octanol–water partition coefficient (Wildman–Crippen LogP) is 2.75. The van der Waals surface area contributed by atoms with Crippen LogP contribution in [0.15, 0.2) is 22.7 Å². The molecule has 1 aromatic rings. The first-order chi connectivity index (χ1) is 11.0. The highest BCUT2D eigenvalue weighted by Gasteiger charge is 2.25. The number of piperidine rings is 1. The van der Waals surface area contributed by atoms with E-state index >= 15 is 0 Å². The fourth-order valence-electron chi connectivity index (χ4n) is 2.52. The largest absolute Gasteiger partial charge is 0.378 e. The van der Waals surface area contributed by atoms with Crippen LogP contribution in [0.2, 0.25) is 0 Å². The topological polar surface area (TPSA) is 98.7 Å². The molecular weight excluding hydrogens is 402 g/mol. The second-order valence-corrected chi connectivity index (χ2v) is 6.28. The molecule has 1 saturated heterocycles. The predicted molar refractivity (Wildman–Crippen MR) is 96.6 cm³/mol. The molecule has 1 aliphatic rings. The van der Waals surface area contributed by atoms with Crippen molar-refractivity contribution in [2.75, 3.05) is 26.2 Å². The van der Waals surface area contributed by atoms with Crippen LogP contribution in [-0.4, -0.2) is 48.1 Å². The molecule has 24 heavy (non-hydrogen) atoms. The number of rotatable bonds is 6. The van der Waals surface area contributed by atoms with Gasteiger partial charge in [0.1, 0.15) is 0 Å². The first-order valence-electron chi connectivity index (χ1n) is 7.58. The number of amides is 1. The van der Waals surface area contributed by atoms with Gasteiger partial charge in [0.05, 0.1) is 16.6 Å². The molecular formula is C15H21BrClN3O4. The third-order valence-corrected chi connectivity index (χ3v) is 4.48. The van der Waals surface area contributed by atoms with Crippen molar-refractivity contribution in [2.45, 2.75) is 25.4 Å². The Labute approximate surface area is 155 Å². The number of likely N-dealkylation sites (tertiary alicyclic amines) is 1. The number of nitro groups is 1. The molecule has 7 nitrogen and oxygen atoms in total. The van der Waals surface area contributed by atoms with E-state index in [0.29, 0.717) is 36.3 Å². The lowest BCUT2D eigenvalue weighted by Crippen LogP contribution is -2.41. The molecule has 2 N–H and O–H groups in total. The summed E-state index contributed by atoms with van der Waals surface area (Å²) >= 11 is 3.25. The molecule has 2 rings (SSSR count). The van der Waals surface area contributed by atoms with Crippen LogP contribution in [-0.2, 0) is 4.74 Å². The highest BCUT2D eigenvalue weighted by molar-refractivity contribution is 9.10. The Balaban J connectivity index is 0.00000288. The summed E-state index contributed by atoms with van der Waals surface area (Å²) in [5, 5.41) is 10.7. The number of nitro benzene ring substituents is 1. The number of hydrogen-bond acceptors (Lipinski definition) is 5. The van der Waals surface area contributed by atoms with Crippen LogP contribution in [0.1, 0.15) is 29.6 Å². The van der Waals surface area contributed by atoms with E-state index in [2.05, 4.69) is 15.9 Å². The van der Waals surface area contributed by atoms with E-state index in [1.165, 1.54) is 18.2 Å². The fraction of sp³-hybridized carbons (Fsp3) is 0.533. The second kappa shape index (κ2) is 9.93. The van der Waals surface area contributed by atoms with E-state index in [-0.39, 0.29) is 30.1 Å². The van der Waals surface area contributed by atoms with E-state index in [4.69, 9.17) is 10.5 Å². The number of carbonyl (C=O) groups excluding carboxylic acids is 1. The fourth-order valence-corrected chi connectivity index (χ4v) is 3.06. The summed E-state index contributed by atoms with van der Waals surface area (Å²) in [6.07, 6.45) is 2.60. The van der Waals surface area contributed by atoms with Crippen molar-refractivity contribution in [1.29, 1.82) is 0 Å². The SMILES string of the molecule is Cl.NCCCOC1CCN(C(=O)c2ccc([N+](=O)[O-])cc2Br)CC1. The molecule has 1 fully saturated rings. The third-order valence-electron chi connectivity index (χ3n) is 3.83. The molecule has 9 heteroatoms. The quantitative estimate of drug-likeness (QED) is 0.432. The number of carbonyl (C=O) groups is 1. The summed E-state index contributed by atoms with van der Waals surface area (Å²) < 4.78 is 6.16. The van der Waals surface area contributed by atoms with E-state index in [0.717, 1.165) is 19.3 Å². The highest BCUT2D eigenvalue weighted by atomic mass is 79.9. The zero-order valence-electron chi connectivity index (χ0n) is 13.2. The van der Waals surface area contributed by atoms with Crippen molar-refractivity contribution in [3.05, 3.63) is 38.3 Å². The van der Waals surface area contributed by atoms with Gasteiger partial charge in [0.25, 0.3) is 11.6 Å². The summed E-state index contributed by atoms with van der Waals surface area (Å²) in [7, 11) is 0. The lowest BCUT2D eigenvalue weighted by Gasteiger charge is -2.32. The van der Waals surface area contributed by atoms with Crippen LogP contribution in [0.25, 0.3) is 0 Å². The first-order valence-corrected chi connectivity index (χ1v) is 8.37. The van der Waals surface area contributed by atoms with E-state index in [1.807, 2.05) is 0 Å². The maximum Gasteiger partial charge on any atom is 0.270 e. The van der Waals surface area contributed by atoms with Gasteiger partial charge in [0, 0.05) is 36.3 Å². The van der Waals surface area contributed by atoms with Crippen molar-refractivity contribution in [3.63, 3.8) is 0 Å². The molecule has 1 amide bonds. The number of non-ortho nitro benzene ring substituents is 1. The van der Waals surface area contributed by atoms with Crippen molar-refractivity contribution in [1.82, 2.24) is 4.90 Å². The van der Waals surface area contributed by atoms with Crippen LogP contribution < -0.4 is 5.73 Å². The Morgan fingerprint density at radius 1 is 1.42 bits per heavy atom. The van der Waals surface area contributed by atoms with Gasteiger partial charge in [0.15, 0.2) is 0 Å². The Kier molecular flexibility index (Phi) is 8.61. The number of nitrogens with two attached hydrogens (primary N) is 1. The normalized spacial score (nSPS) is 15.0. The van der Waals surface area contributed by atoms with Gasteiger partial charge in [-0.05, 0) is 47.8 Å². The van der Waals surface area contributed by atoms with Gasteiger partial charge < -0.3 is 15.4 Å². The molecule has 0 saturated carbocycles. The van der Waals surface area contributed by atoms with Crippen molar-refractivity contribution < 1.29 is 14.5 Å².